The van der Waals surface area contributed by atoms with E-state index >= 15 is 0 Å². The van der Waals surface area contributed by atoms with Crippen molar-refractivity contribution in [1.82, 2.24) is 24.6 Å². The molecule has 0 bridgehead atoms. The van der Waals surface area contributed by atoms with E-state index in [9.17, 15) is 0 Å². The van der Waals surface area contributed by atoms with Gasteiger partial charge < -0.3 is 5.32 Å². The van der Waals surface area contributed by atoms with Crippen molar-refractivity contribution in [2.45, 2.75) is 33.2 Å². The van der Waals surface area contributed by atoms with Crippen molar-refractivity contribution in [2.75, 3.05) is 25.0 Å². The molecule has 0 atom stereocenters. The Morgan fingerprint density at radius 2 is 2.07 bits per heavy atom. The first kappa shape index (κ1) is 18.1. The van der Waals surface area contributed by atoms with Crippen LogP contribution in [0.4, 0.5) is 5.82 Å². The molecule has 0 aliphatic carbocycles. The molecule has 1 N–H and O–H groups in total. The van der Waals surface area contributed by atoms with Gasteiger partial charge in [-0.3, -0.25) is 9.88 Å². The molecule has 0 aromatic carbocycles. The number of nitrogens with one attached hydrogen (secondary N) is 1. The highest BCUT2D eigenvalue weighted by atomic mass is 32.1. The lowest BCUT2D eigenvalue weighted by Crippen LogP contribution is -2.35. The Balaban J connectivity index is 1.29. The molecule has 0 radical (unpaired) electrons. The van der Waals surface area contributed by atoms with Gasteiger partial charge in [0.1, 0.15) is 5.82 Å². The van der Waals surface area contributed by atoms with Crippen molar-refractivity contribution in [3.8, 4) is 5.82 Å². The summed E-state index contributed by atoms with van der Waals surface area (Å²) in [6.45, 7) is 8.40. The maximum Gasteiger partial charge on any atom is 0.174 e. The minimum Gasteiger partial charge on any atom is -0.368 e. The Morgan fingerprint density at radius 3 is 2.78 bits per heavy atom. The normalized spacial score (nSPS) is 15.9. The van der Waals surface area contributed by atoms with Gasteiger partial charge in [0, 0.05) is 23.7 Å². The predicted molar refractivity (Wildman–Crippen MR) is 109 cm³/mol. The number of anilines is 1. The van der Waals surface area contributed by atoms with E-state index in [1.165, 1.54) is 30.8 Å². The molecule has 1 fully saturated rings. The zero-order valence-electron chi connectivity index (χ0n) is 15.9. The van der Waals surface area contributed by atoms with Gasteiger partial charge in [0.25, 0.3) is 0 Å². The van der Waals surface area contributed by atoms with Crippen LogP contribution in [-0.4, -0.2) is 44.3 Å². The third-order valence-electron chi connectivity index (χ3n) is 5.09. The SMILES string of the molecule is Cc1cc(C)n(-c2cncc(NCC3CCN(Cc4cccs4)CC3)n2)n1. The van der Waals surface area contributed by atoms with E-state index in [1.54, 1.807) is 12.4 Å². The topological polar surface area (TPSA) is 58.9 Å². The zero-order chi connectivity index (χ0) is 18.6. The quantitative estimate of drug-likeness (QED) is 0.705. The Kier molecular flexibility index (Phi) is 5.50. The van der Waals surface area contributed by atoms with Crippen LogP contribution in [0.1, 0.15) is 29.1 Å². The van der Waals surface area contributed by atoms with Gasteiger partial charge in [0.05, 0.1) is 18.1 Å². The summed E-state index contributed by atoms with van der Waals surface area (Å²) in [7, 11) is 0. The Hall–Kier alpha value is -2.25. The van der Waals surface area contributed by atoms with E-state index < -0.39 is 0 Å². The molecule has 1 saturated heterocycles. The second-order valence-electron chi connectivity index (χ2n) is 7.28. The summed E-state index contributed by atoms with van der Waals surface area (Å²) in [6.07, 6.45) is 6.00. The smallest absolute Gasteiger partial charge is 0.174 e. The van der Waals surface area contributed by atoms with Crippen LogP contribution in [-0.2, 0) is 6.54 Å². The molecule has 1 aliphatic heterocycles. The largest absolute Gasteiger partial charge is 0.368 e. The summed E-state index contributed by atoms with van der Waals surface area (Å²) >= 11 is 1.85. The van der Waals surface area contributed by atoms with E-state index in [1.807, 2.05) is 35.9 Å². The molecule has 7 heteroatoms. The molecule has 4 heterocycles. The molecule has 3 aromatic rings. The number of thiophene rings is 1. The molecule has 0 unspecified atom stereocenters. The molecule has 4 rings (SSSR count). The highest BCUT2D eigenvalue weighted by Crippen LogP contribution is 2.21. The van der Waals surface area contributed by atoms with Crippen LogP contribution in [0.3, 0.4) is 0 Å². The van der Waals surface area contributed by atoms with Gasteiger partial charge in [0.2, 0.25) is 0 Å². The minimum atomic E-state index is 0.684. The van der Waals surface area contributed by atoms with Gasteiger partial charge in [-0.25, -0.2) is 9.67 Å². The van der Waals surface area contributed by atoms with Crippen LogP contribution in [0.2, 0.25) is 0 Å². The van der Waals surface area contributed by atoms with Gasteiger partial charge in [-0.2, -0.15) is 5.10 Å². The van der Waals surface area contributed by atoms with Crippen molar-refractivity contribution < 1.29 is 0 Å². The first-order chi connectivity index (χ1) is 13.2. The third-order valence-corrected chi connectivity index (χ3v) is 5.95. The van der Waals surface area contributed by atoms with Crippen molar-refractivity contribution >= 4 is 17.2 Å². The number of piperidine rings is 1. The van der Waals surface area contributed by atoms with Crippen LogP contribution < -0.4 is 5.32 Å². The van der Waals surface area contributed by atoms with Crippen molar-refractivity contribution in [3.05, 3.63) is 52.2 Å². The van der Waals surface area contributed by atoms with Crippen LogP contribution in [0.25, 0.3) is 5.82 Å². The molecule has 0 spiro atoms. The van der Waals surface area contributed by atoms with Crippen LogP contribution in [0, 0.1) is 19.8 Å². The Morgan fingerprint density at radius 1 is 1.22 bits per heavy atom. The first-order valence-electron chi connectivity index (χ1n) is 9.51. The van der Waals surface area contributed by atoms with E-state index in [-0.39, 0.29) is 0 Å². The fourth-order valence-corrected chi connectivity index (χ4v) is 4.37. The molecule has 27 heavy (non-hydrogen) atoms. The molecule has 1 aliphatic rings. The fourth-order valence-electron chi connectivity index (χ4n) is 3.62. The van der Waals surface area contributed by atoms with Gasteiger partial charge >= 0.3 is 0 Å². The summed E-state index contributed by atoms with van der Waals surface area (Å²) in [4.78, 5) is 13.0. The Labute approximate surface area is 164 Å². The van der Waals surface area contributed by atoms with Gasteiger partial charge in [0.15, 0.2) is 5.82 Å². The molecular weight excluding hydrogens is 356 g/mol. The summed E-state index contributed by atoms with van der Waals surface area (Å²) < 4.78 is 1.84. The van der Waals surface area contributed by atoms with Crippen LogP contribution in [0.15, 0.2) is 36.0 Å². The fraction of sp³-hybridized carbons (Fsp3) is 0.450. The van der Waals surface area contributed by atoms with Crippen molar-refractivity contribution in [3.63, 3.8) is 0 Å². The molecule has 142 valence electrons. The van der Waals surface area contributed by atoms with E-state index in [2.05, 4.69) is 42.8 Å². The van der Waals surface area contributed by atoms with E-state index in [0.29, 0.717) is 5.92 Å². The van der Waals surface area contributed by atoms with Crippen molar-refractivity contribution in [1.29, 1.82) is 0 Å². The molecule has 0 amide bonds. The van der Waals surface area contributed by atoms with Crippen LogP contribution >= 0.6 is 11.3 Å². The van der Waals surface area contributed by atoms with E-state index in [0.717, 1.165) is 36.1 Å². The number of aromatic nitrogens is 4. The maximum atomic E-state index is 4.68. The average molecular weight is 383 g/mol. The lowest BCUT2D eigenvalue weighted by atomic mass is 9.97. The first-order valence-corrected chi connectivity index (χ1v) is 10.4. The second kappa shape index (κ2) is 8.19. The number of hydrogen-bond acceptors (Lipinski definition) is 6. The lowest BCUT2D eigenvalue weighted by Gasteiger charge is -2.31. The van der Waals surface area contributed by atoms with Crippen molar-refractivity contribution in [2.24, 2.45) is 5.92 Å². The summed E-state index contributed by atoms with van der Waals surface area (Å²) in [6, 6.07) is 6.41. The minimum absolute atomic E-state index is 0.684. The monoisotopic (exact) mass is 382 g/mol. The van der Waals surface area contributed by atoms with Gasteiger partial charge in [-0.05, 0) is 63.2 Å². The second-order valence-corrected chi connectivity index (χ2v) is 8.31. The Bertz CT molecular complexity index is 864. The van der Waals surface area contributed by atoms with Gasteiger partial charge in [-0.1, -0.05) is 6.07 Å². The maximum absolute atomic E-state index is 4.68. The van der Waals surface area contributed by atoms with Gasteiger partial charge in [-0.15, -0.1) is 11.3 Å². The lowest BCUT2D eigenvalue weighted by molar-refractivity contribution is 0.184. The predicted octanol–water partition coefficient (Wildman–Crippen LogP) is 3.66. The molecule has 3 aromatic heterocycles. The number of rotatable bonds is 6. The highest BCUT2D eigenvalue weighted by molar-refractivity contribution is 7.09. The average Bonchev–Trinajstić information content (AvgIpc) is 3.30. The number of aryl methyl sites for hydroxylation is 2. The zero-order valence-corrected chi connectivity index (χ0v) is 16.7. The number of nitrogens with zero attached hydrogens (tertiary/aromatic N) is 5. The molecule has 0 saturated carbocycles. The summed E-state index contributed by atoms with van der Waals surface area (Å²) in [5.41, 5.74) is 2.05. The standard InChI is InChI=1S/C20H26N6S/c1-15-10-16(2)26(24-15)20-13-21-12-19(23-20)22-11-17-5-7-25(8-6-17)14-18-4-3-9-27-18/h3-4,9-10,12-13,17H,5-8,11,14H2,1-2H3,(H,22,23). The number of hydrogen-bond donors (Lipinski definition) is 1. The summed E-state index contributed by atoms with van der Waals surface area (Å²) in [5.74, 6) is 2.26. The molecular formula is C20H26N6S. The summed E-state index contributed by atoms with van der Waals surface area (Å²) in [5, 5.41) is 10.1. The highest BCUT2D eigenvalue weighted by Gasteiger charge is 2.19. The molecule has 6 nitrogen and oxygen atoms in total. The van der Waals surface area contributed by atoms with Crippen LogP contribution in [0.5, 0.6) is 0 Å². The number of likely N-dealkylation sites (tertiary alicyclic amines) is 1. The van der Waals surface area contributed by atoms with E-state index in [4.69, 9.17) is 0 Å². The third kappa shape index (κ3) is 4.54.